The molecular formula is C11H9N3. The first kappa shape index (κ1) is 7.38. The Morgan fingerprint density at radius 2 is 2.07 bits per heavy atom. The van der Waals surface area contributed by atoms with Gasteiger partial charge in [0.25, 0.3) is 0 Å². The van der Waals surface area contributed by atoms with Crippen molar-refractivity contribution in [3.8, 4) is 0 Å². The monoisotopic (exact) mass is 183 g/mol. The molecule has 2 heterocycles. The third kappa shape index (κ3) is 0.956. The number of aromatic amines is 1. The summed E-state index contributed by atoms with van der Waals surface area (Å²) in [6.45, 7) is 0. The smallest absolute Gasteiger partial charge is 0.0572 e. The Morgan fingerprint density at radius 1 is 1.14 bits per heavy atom. The van der Waals surface area contributed by atoms with E-state index in [1.54, 1.807) is 0 Å². The van der Waals surface area contributed by atoms with Crippen LogP contribution in [-0.4, -0.2) is 11.2 Å². The molecule has 0 saturated heterocycles. The van der Waals surface area contributed by atoms with Crippen LogP contribution in [0.4, 0.5) is 0 Å². The van der Waals surface area contributed by atoms with Crippen LogP contribution in [0, 0.1) is 0 Å². The zero-order valence-electron chi connectivity index (χ0n) is 7.49. The normalized spacial score (nSPS) is 13.7. The van der Waals surface area contributed by atoms with Crippen LogP contribution < -0.4 is 5.43 Å². The van der Waals surface area contributed by atoms with E-state index in [0.717, 1.165) is 16.8 Å². The van der Waals surface area contributed by atoms with Crippen LogP contribution in [0.25, 0.3) is 17.0 Å². The number of benzene rings is 1. The van der Waals surface area contributed by atoms with Crippen molar-refractivity contribution >= 4 is 23.2 Å². The Hall–Kier alpha value is -2.03. The van der Waals surface area contributed by atoms with Gasteiger partial charge in [0.05, 0.1) is 6.21 Å². The third-order valence-corrected chi connectivity index (χ3v) is 2.37. The zero-order chi connectivity index (χ0) is 9.38. The fourth-order valence-electron chi connectivity index (χ4n) is 1.72. The second-order valence-electron chi connectivity index (χ2n) is 3.22. The first-order valence-corrected chi connectivity index (χ1v) is 4.51. The van der Waals surface area contributed by atoms with Crippen LogP contribution in [0.2, 0.25) is 0 Å². The van der Waals surface area contributed by atoms with Crippen molar-refractivity contribution in [1.29, 1.82) is 0 Å². The number of nitrogens with one attached hydrogen (secondary N) is 2. The number of aromatic nitrogens is 1. The number of hydrogen-bond acceptors (Lipinski definition) is 2. The Morgan fingerprint density at radius 3 is 3.07 bits per heavy atom. The highest BCUT2D eigenvalue weighted by Gasteiger charge is 2.07. The first-order chi connectivity index (χ1) is 6.95. The maximum Gasteiger partial charge on any atom is 0.0572 e. The van der Waals surface area contributed by atoms with E-state index in [-0.39, 0.29) is 0 Å². The molecule has 0 unspecified atom stereocenters. The van der Waals surface area contributed by atoms with Gasteiger partial charge in [-0.2, -0.15) is 5.10 Å². The van der Waals surface area contributed by atoms with E-state index >= 15 is 0 Å². The standard InChI is InChI=1S/C11H9N3/c1-2-4-10-8(3-1)9-7-13-12-6-5-11(9)14-10/h1-7,12,14H. The van der Waals surface area contributed by atoms with Crippen LogP contribution in [0.1, 0.15) is 11.3 Å². The molecule has 0 aliphatic carbocycles. The number of fused-ring (bicyclic) bond motifs is 3. The highest BCUT2D eigenvalue weighted by atomic mass is 15.3. The molecule has 1 aliphatic rings. The molecule has 0 atom stereocenters. The predicted molar refractivity (Wildman–Crippen MR) is 58.1 cm³/mol. The van der Waals surface area contributed by atoms with Crippen LogP contribution >= 0.6 is 0 Å². The largest absolute Gasteiger partial charge is 0.354 e. The summed E-state index contributed by atoms with van der Waals surface area (Å²) in [5.74, 6) is 0. The van der Waals surface area contributed by atoms with Crippen molar-refractivity contribution in [3.05, 3.63) is 41.7 Å². The van der Waals surface area contributed by atoms with Gasteiger partial charge in [0.2, 0.25) is 0 Å². The van der Waals surface area contributed by atoms with Gasteiger partial charge in [-0.05, 0) is 12.1 Å². The molecule has 0 radical (unpaired) electrons. The van der Waals surface area contributed by atoms with Gasteiger partial charge in [0.15, 0.2) is 0 Å². The number of hydrazone groups is 1. The minimum atomic E-state index is 1.10. The van der Waals surface area contributed by atoms with Gasteiger partial charge >= 0.3 is 0 Å². The maximum atomic E-state index is 4.05. The van der Waals surface area contributed by atoms with E-state index in [1.807, 2.05) is 30.6 Å². The molecule has 2 N–H and O–H groups in total. The summed E-state index contributed by atoms with van der Waals surface area (Å²) < 4.78 is 0. The number of para-hydroxylation sites is 1. The van der Waals surface area contributed by atoms with Crippen LogP contribution in [0.15, 0.2) is 35.6 Å². The quantitative estimate of drug-likeness (QED) is 0.645. The second kappa shape index (κ2) is 2.73. The molecule has 0 spiro atoms. The maximum absolute atomic E-state index is 4.05. The highest BCUT2D eigenvalue weighted by molar-refractivity contribution is 6.03. The van der Waals surface area contributed by atoms with Crippen molar-refractivity contribution in [1.82, 2.24) is 10.4 Å². The summed E-state index contributed by atoms with van der Waals surface area (Å²) in [5.41, 5.74) is 6.20. The van der Waals surface area contributed by atoms with Gasteiger partial charge in [0, 0.05) is 28.4 Å². The molecule has 1 aliphatic heterocycles. The molecule has 1 aromatic heterocycles. The van der Waals surface area contributed by atoms with Crippen LogP contribution in [0.3, 0.4) is 0 Å². The van der Waals surface area contributed by atoms with Crippen LogP contribution in [-0.2, 0) is 0 Å². The summed E-state index contributed by atoms with van der Waals surface area (Å²) in [5, 5.41) is 5.26. The molecule has 2 aromatic rings. The minimum absolute atomic E-state index is 1.10. The second-order valence-corrected chi connectivity index (χ2v) is 3.22. The summed E-state index contributed by atoms with van der Waals surface area (Å²) >= 11 is 0. The Kier molecular flexibility index (Phi) is 1.44. The first-order valence-electron chi connectivity index (χ1n) is 4.51. The molecule has 3 rings (SSSR count). The van der Waals surface area contributed by atoms with E-state index in [9.17, 15) is 0 Å². The summed E-state index contributed by atoms with van der Waals surface area (Å²) in [6.07, 6.45) is 5.65. The molecular weight excluding hydrogens is 174 g/mol. The highest BCUT2D eigenvalue weighted by Crippen LogP contribution is 2.22. The summed E-state index contributed by atoms with van der Waals surface area (Å²) in [4.78, 5) is 3.34. The molecule has 0 amide bonds. The lowest BCUT2D eigenvalue weighted by Crippen LogP contribution is -1.90. The van der Waals surface area contributed by atoms with Crippen molar-refractivity contribution in [2.24, 2.45) is 5.10 Å². The number of hydrogen-bond donors (Lipinski definition) is 2. The predicted octanol–water partition coefficient (Wildman–Crippen LogP) is 2.08. The lowest BCUT2D eigenvalue weighted by molar-refractivity contribution is 0.985. The number of H-pyrrole nitrogens is 1. The van der Waals surface area contributed by atoms with Gasteiger partial charge in [0.1, 0.15) is 0 Å². The van der Waals surface area contributed by atoms with Gasteiger partial charge in [-0.3, -0.25) is 5.43 Å². The molecule has 3 heteroatoms. The summed E-state index contributed by atoms with van der Waals surface area (Å²) in [7, 11) is 0. The van der Waals surface area contributed by atoms with Crippen LogP contribution in [0.5, 0.6) is 0 Å². The molecule has 68 valence electrons. The zero-order valence-corrected chi connectivity index (χ0v) is 7.49. The Bertz CT molecular complexity index is 534. The van der Waals surface area contributed by atoms with E-state index in [4.69, 9.17) is 0 Å². The lowest BCUT2D eigenvalue weighted by atomic mass is 10.1. The number of rotatable bonds is 0. The van der Waals surface area contributed by atoms with E-state index < -0.39 is 0 Å². The van der Waals surface area contributed by atoms with Gasteiger partial charge in [-0.25, -0.2) is 0 Å². The fraction of sp³-hybridized carbons (Fsp3) is 0. The Labute approximate surface area is 81.1 Å². The van der Waals surface area contributed by atoms with Crippen molar-refractivity contribution in [2.45, 2.75) is 0 Å². The molecule has 14 heavy (non-hydrogen) atoms. The topological polar surface area (TPSA) is 40.2 Å². The molecule has 0 fully saturated rings. The van der Waals surface area contributed by atoms with E-state index in [2.05, 4.69) is 27.6 Å². The Balaban J connectivity index is 2.41. The lowest BCUT2D eigenvalue weighted by Gasteiger charge is -1.89. The van der Waals surface area contributed by atoms with Gasteiger partial charge in [-0.1, -0.05) is 18.2 Å². The van der Waals surface area contributed by atoms with Gasteiger partial charge in [-0.15, -0.1) is 0 Å². The SMILES string of the molecule is C1=Cc2[nH]c3ccccc3c2C=NN1. The van der Waals surface area contributed by atoms with Crippen molar-refractivity contribution in [2.75, 3.05) is 0 Å². The molecule has 0 saturated carbocycles. The summed E-state index contributed by atoms with van der Waals surface area (Å²) in [6, 6.07) is 8.22. The fourth-order valence-corrected chi connectivity index (χ4v) is 1.72. The molecule has 3 nitrogen and oxygen atoms in total. The molecule has 1 aromatic carbocycles. The van der Waals surface area contributed by atoms with Crippen molar-refractivity contribution in [3.63, 3.8) is 0 Å². The van der Waals surface area contributed by atoms with Crippen molar-refractivity contribution < 1.29 is 0 Å². The average molecular weight is 183 g/mol. The number of nitrogens with zero attached hydrogens (tertiary/aromatic N) is 1. The third-order valence-electron chi connectivity index (χ3n) is 2.37. The van der Waals surface area contributed by atoms with E-state index in [0.29, 0.717) is 0 Å². The van der Waals surface area contributed by atoms with E-state index in [1.165, 1.54) is 5.39 Å². The molecule has 0 bridgehead atoms. The van der Waals surface area contributed by atoms with Gasteiger partial charge < -0.3 is 4.98 Å². The average Bonchev–Trinajstić information content (AvgIpc) is 2.42. The minimum Gasteiger partial charge on any atom is -0.354 e.